The number of Topliss-reactive ketones (excluding diaryl/α,β-unsaturated/α-hetero) is 1. The smallest absolute Gasteiger partial charge is 0.344 e. The topological polar surface area (TPSA) is 132 Å². The molecule has 10 nitrogen and oxygen atoms in total. The Balaban J connectivity index is 1.45. The molecule has 4 fully saturated rings. The molecule has 0 spiro atoms. The standard InChI is InChI=1S/C19H20O10/c1-2-10(21)25-7-11(22)27-16-14-12(13-15(28-14)17(16)29-19(13)24)18(23)26-9-6-4-3-5-8(9)20/h2,9,12-17H,1,3-7H2. The Morgan fingerprint density at radius 2 is 1.90 bits per heavy atom. The number of esters is 4. The van der Waals surface area contributed by atoms with Crippen molar-refractivity contribution in [2.45, 2.75) is 56.2 Å². The molecule has 0 aromatic heterocycles. The van der Waals surface area contributed by atoms with Gasteiger partial charge in [0.25, 0.3) is 0 Å². The highest BCUT2D eigenvalue weighted by Crippen LogP contribution is 2.51. The highest BCUT2D eigenvalue weighted by molar-refractivity contribution is 5.90. The SMILES string of the molecule is C=CC(=O)OCC(=O)OC1C2OC(=O)C3C2OC1C3C(=O)OC1CCCCC1=O. The third-order valence-electron chi connectivity index (χ3n) is 5.70. The molecule has 0 radical (unpaired) electrons. The molecule has 3 saturated heterocycles. The van der Waals surface area contributed by atoms with E-state index >= 15 is 0 Å². The Kier molecular flexibility index (Phi) is 5.12. The zero-order chi connectivity index (χ0) is 20.7. The van der Waals surface area contributed by atoms with E-state index in [1.165, 1.54) is 0 Å². The summed E-state index contributed by atoms with van der Waals surface area (Å²) < 4.78 is 26.3. The van der Waals surface area contributed by atoms with Crippen molar-refractivity contribution in [1.29, 1.82) is 0 Å². The van der Waals surface area contributed by atoms with E-state index in [0.717, 1.165) is 18.9 Å². The highest BCUT2D eigenvalue weighted by Gasteiger charge is 2.72. The number of carbonyl (C=O) groups is 5. The lowest BCUT2D eigenvalue weighted by molar-refractivity contribution is -0.171. The van der Waals surface area contributed by atoms with Crippen LogP contribution in [0.2, 0.25) is 0 Å². The Bertz CT molecular complexity index is 773. The second-order valence-electron chi connectivity index (χ2n) is 7.42. The van der Waals surface area contributed by atoms with Gasteiger partial charge >= 0.3 is 23.9 Å². The van der Waals surface area contributed by atoms with Crippen LogP contribution in [0, 0.1) is 11.8 Å². The fraction of sp³-hybridized carbons (Fsp3) is 0.632. The van der Waals surface area contributed by atoms with Gasteiger partial charge in [-0.1, -0.05) is 6.58 Å². The molecule has 10 heteroatoms. The Hall–Kier alpha value is -2.75. The molecule has 3 aliphatic heterocycles. The van der Waals surface area contributed by atoms with E-state index in [9.17, 15) is 24.0 Å². The molecular weight excluding hydrogens is 388 g/mol. The fourth-order valence-corrected chi connectivity index (χ4v) is 4.41. The van der Waals surface area contributed by atoms with Crippen molar-refractivity contribution < 1.29 is 47.7 Å². The largest absolute Gasteiger partial charge is 0.455 e. The molecule has 0 N–H and O–H groups in total. The first-order chi connectivity index (χ1) is 13.9. The number of fused-ring (bicyclic) bond motifs is 1. The fourth-order valence-electron chi connectivity index (χ4n) is 4.41. The monoisotopic (exact) mass is 408 g/mol. The molecule has 0 aromatic carbocycles. The first-order valence-corrected chi connectivity index (χ1v) is 9.48. The number of carbonyl (C=O) groups excluding carboxylic acids is 5. The minimum absolute atomic E-state index is 0.146. The summed E-state index contributed by atoms with van der Waals surface area (Å²) in [5, 5.41) is 0. The van der Waals surface area contributed by atoms with Crippen molar-refractivity contribution in [2.24, 2.45) is 11.8 Å². The molecule has 156 valence electrons. The van der Waals surface area contributed by atoms with Crippen molar-refractivity contribution in [3.8, 4) is 0 Å². The predicted octanol–water partition coefficient (Wildman–Crippen LogP) is -0.379. The van der Waals surface area contributed by atoms with Crippen molar-refractivity contribution in [3.63, 3.8) is 0 Å². The van der Waals surface area contributed by atoms with E-state index in [4.69, 9.17) is 18.9 Å². The van der Waals surface area contributed by atoms with E-state index in [2.05, 4.69) is 11.3 Å². The van der Waals surface area contributed by atoms with Gasteiger partial charge in [-0.2, -0.15) is 0 Å². The quantitative estimate of drug-likeness (QED) is 0.325. The van der Waals surface area contributed by atoms with Gasteiger partial charge < -0.3 is 23.7 Å². The molecule has 4 rings (SSSR count). The lowest BCUT2D eigenvalue weighted by Gasteiger charge is -2.29. The summed E-state index contributed by atoms with van der Waals surface area (Å²) in [5.74, 6) is -5.07. The maximum atomic E-state index is 12.8. The normalized spacial score (nSPS) is 37.0. The van der Waals surface area contributed by atoms with Gasteiger partial charge in [-0.25, -0.2) is 9.59 Å². The molecule has 7 unspecified atom stereocenters. The maximum absolute atomic E-state index is 12.8. The number of hydrogen-bond acceptors (Lipinski definition) is 10. The van der Waals surface area contributed by atoms with Crippen LogP contribution in [0.4, 0.5) is 0 Å². The van der Waals surface area contributed by atoms with Crippen LogP contribution in [0.3, 0.4) is 0 Å². The van der Waals surface area contributed by atoms with Crippen molar-refractivity contribution in [3.05, 3.63) is 12.7 Å². The average Bonchev–Trinajstić information content (AvgIpc) is 3.31. The number of rotatable bonds is 6. The molecule has 2 bridgehead atoms. The van der Waals surface area contributed by atoms with Gasteiger partial charge in [0.2, 0.25) is 0 Å². The Morgan fingerprint density at radius 3 is 2.62 bits per heavy atom. The third-order valence-corrected chi connectivity index (χ3v) is 5.70. The van der Waals surface area contributed by atoms with Crippen LogP contribution < -0.4 is 0 Å². The van der Waals surface area contributed by atoms with Gasteiger partial charge in [0.15, 0.2) is 30.7 Å². The van der Waals surface area contributed by atoms with Crippen molar-refractivity contribution >= 4 is 29.7 Å². The van der Waals surface area contributed by atoms with Gasteiger partial charge in [0.1, 0.15) is 24.0 Å². The first kappa shape index (κ1) is 19.6. The van der Waals surface area contributed by atoms with Gasteiger partial charge in [-0.15, -0.1) is 0 Å². The first-order valence-electron chi connectivity index (χ1n) is 9.48. The average molecular weight is 408 g/mol. The molecule has 1 aliphatic carbocycles. The van der Waals surface area contributed by atoms with Crippen LogP contribution in [0.15, 0.2) is 12.7 Å². The molecule has 4 aliphatic rings. The van der Waals surface area contributed by atoms with Crippen LogP contribution in [-0.2, 0) is 47.7 Å². The Labute approximate surface area is 165 Å². The van der Waals surface area contributed by atoms with E-state index in [0.29, 0.717) is 12.8 Å². The maximum Gasteiger partial charge on any atom is 0.344 e. The summed E-state index contributed by atoms with van der Waals surface area (Å²) in [7, 11) is 0. The summed E-state index contributed by atoms with van der Waals surface area (Å²) in [6.45, 7) is 2.56. The number of hydrogen-bond donors (Lipinski definition) is 0. The van der Waals surface area contributed by atoms with E-state index < -0.39 is 72.8 Å². The van der Waals surface area contributed by atoms with Gasteiger partial charge in [-0.3, -0.25) is 14.4 Å². The van der Waals surface area contributed by atoms with Gasteiger partial charge in [-0.05, 0) is 19.3 Å². The lowest BCUT2D eigenvalue weighted by Crippen LogP contribution is -2.49. The summed E-state index contributed by atoms with van der Waals surface area (Å²) in [6.07, 6.45) is -1.15. The zero-order valence-corrected chi connectivity index (χ0v) is 15.4. The van der Waals surface area contributed by atoms with E-state index in [1.54, 1.807) is 0 Å². The molecule has 7 atom stereocenters. The second kappa shape index (κ2) is 7.58. The molecule has 1 saturated carbocycles. The molecular formula is C19H20O10. The summed E-state index contributed by atoms with van der Waals surface area (Å²) in [4.78, 5) is 60.1. The summed E-state index contributed by atoms with van der Waals surface area (Å²) in [5.41, 5.74) is 0. The van der Waals surface area contributed by atoms with Crippen molar-refractivity contribution in [2.75, 3.05) is 6.61 Å². The number of ketones is 1. The van der Waals surface area contributed by atoms with Gasteiger partial charge in [0.05, 0.1) is 0 Å². The van der Waals surface area contributed by atoms with Crippen LogP contribution in [-0.4, -0.2) is 66.8 Å². The molecule has 0 aromatic rings. The number of ether oxygens (including phenoxy) is 5. The van der Waals surface area contributed by atoms with Crippen LogP contribution in [0.1, 0.15) is 25.7 Å². The molecule has 29 heavy (non-hydrogen) atoms. The van der Waals surface area contributed by atoms with Crippen LogP contribution in [0.25, 0.3) is 0 Å². The summed E-state index contributed by atoms with van der Waals surface area (Å²) >= 11 is 0. The van der Waals surface area contributed by atoms with Crippen molar-refractivity contribution in [1.82, 2.24) is 0 Å². The minimum Gasteiger partial charge on any atom is -0.455 e. The predicted molar refractivity (Wildman–Crippen MR) is 89.9 cm³/mol. The third kappa shape index (κ3) is 3.41. The summed E-state index contributed by atoms with van der Waals surface area (Å²) in [6, 6.07) is 0. The van der Waals surface area contributed by atoms with E-state index in [-0.39, 0.29) is 5.78 Å². The van der Waals surface area contributed by atoms with Crippen LogP contribution in [0.5, 0.6) is 0 Å². The second-order valence-corrected chi connectivity index (χ2v) is 7.42. The Morgan fingerprint density at radius 1 is 1.10 bits per heavy atom. The van der Waals surface area contributed by atoms with Crippen LogP contribution >= 0.6 is 0 Å². The van der Waals surface area contributed by atoms with E-state index in [1.807, 2.05) is 0 Å². The molecule has 0 amide bonds. The lowest BCUT2D eigenvalue weighted by atomic mass is 9.78. The highest BCUT2D eigenvalue weighted by atomic mass is 16.7. The van der Waals surface area contributed by atoms with Gasteiger partial charge in [0, 0.05) is 12.5 Å². The zero-order valence-electron chi connectivity index (χ0n) is 15.4. The minimum atomic E-state index is -1.03. The molecule has 3 heterocycles.